The van der Waals surface area contributed by atoms with Crippen LogP contribution in [0.25, 0.3) is 0 Å². The van der Waals surface area contributed by atoms with Gasteiger partial charge in [-0.15, -0.1) is 6.42 Å². The van der Waals surface area contributed by atoms with Crippen LogP contribution in [0.3, 0.4) is 0 Å². The van der Waals surface area contributed by atoms with Crippen molar-refractivity contribution in [2.75, 3.05) is 26.2 Å². The number of hydrogen-bond acceptors (Lipinski definition) is 2. The molecule has 1 heterocycles. The third kappa shape index (κ3) is 2.84. The summed E-state index contributed by atoms with van der Waals surface area (Å²) in [5.41, 5.74) is 0.216. The summed E-state index contributed by atoms with van der Waals surface area (Å²) in [4.78, 5) is 2.33. The van der Waals surface area contributed by atoms with Crippen LogP contribution in [0.2, 0.25) is 0 Å². The summed E-state index contributed by atoms with van der Waals surface area (Å²) in [7, 11) is 0. The SMILES string of the molecule is C#CCN1CCCNC(C)(C)C1. The second-order valence-corrected chi connectivity index (χ2v) is 4.08. The van der Waals surface area contributed by atoms with Crippen LogP contribution in [0, 0.1) is 12.3 Å². The zero-order valence-corrected chi connectivity index (χ0v) is 8.06. The minimum absolute atomic E-state index is 0.216. The van der Waals surface area contributed by atoms with Crippen LogP contribution in [0.4, 0.5) is 0 Å². The van der Waals surface area contributed by atoms with Gasteiger partial charge in [0.25, 0.3) is 0 Å². The lowest BCUT2D eigenvalue weighted by molar-refractivity contribution is 0.254. The van der Waals surface area contributed by atoms with Crippen molar-refractivity contribution in [3.63, 3.8) is 0 Å². The molecule has 0 amide bonds. The standard InChI is InChI=1S/C10H18N2/c1-4-7-12-8-5-6-11-10(2,3)9-12/h1,11H,5-9H2,2-3H3. The lowest BCUT2D eigenvalue weighted by atomic mass is 10.1. The van der Waals surface area contributed by atoms with Crippen LogP contribution in [0.5, 0.6) is 0 Å². The number of terminal acetylenes is 1. The number of hydrogen-bond donors (Lipinski definition) is 1. The topological polar surface area (TPSA) is 15.3 Å². The summed E-state index contributed by atoms with van der Waals surface area (Å²) in [5, 5.41) is 3.50. The van der Waals surface area contributed by atoms with Crippen LogP contribution in [0.1, 0.15) is 20.3 Å². The Morgan fingerprint density at radius 2 is 2.33 bits per heavy atom. The van der Waals surface area contributed by atoms with Crippen LogP contribution in [0.15, 0.2) is 0 Å². The molecule has 0 aromatic carbocycles. The van der Waals surface area contributed by atoms with E-state index in [-0.39, 0.29) is 5.54 Å². The highest BCUT2D eigenvalue weighted by Crippen LogP contribution is 2.09. The van der Waals surface area contributed by atoms with E-state index in [1.54, 1.807) is 0 Å². The average molecular weight is 166 g/mol. The van der Waals surface area contributed by atoms with E-state index in [0.29, 0.717) is 0 Å². The van der Waals surface area contributed by atoms with Gasteiger partial charge in [0.15, 0.2) is 0 Å². The molecule has 1 N–H and O–H groups in total. The second-order valence-electron chi connectivity index (χ2n) is 4.08. The summed E-state index contributed by atoms with van der Waals surface area (Å²) < 4.78 is 0. The summed E-state index contributed by atoms with van der Waals surface area (Å²) in [6.07, 6.45) is 6.49. The van der Waals surface area contributed by atoms with Gasteiger partial charge in [-0.25, -0.2) is 0 Å². The quantitative estimate of drug-likeness (QED) is 0.577. The van der Waals surface area contributed by atoms with Gasteiger partial charge in [0.1, 0.15) is 0 Å². The molecule has 1 fully saturated rings. The fourth-order valence-corrected chi connectivity index (χ4v) is 1.69. The lowest BCUT2D eigenvalue weighted by Crippen LogP contribution is -2.46. The zero-order chi connectivity index (χ0) is 9.03. The first kappa shape index (κ1) is 9.57. The molecule has 2 nitrogen and oxygen atoms in total. The van der Waals surface area contributed by atoms with E-state index >= 15 is 0 Å². The van der Waals surface area contributed by atoms with Crippen molar-refractivity contribution in [1.82, 2.24) is 10.2 Å². The number of nitrogens with one attached hydrogen (secondary N) is 1. The minimum atomic E-state index is 0.216. The summed E-state index contributed by atoms with van der Waals surface area (Å²) in [6, 6.07) is 0. The molecule has 0 unspecified atom stereocenters. The monoisotopic (exact) mass is 166 g/mol. The van der Waals surface area contributed by atoms with E-state index in [9.17, 15) is 0 Å². The second kappa shape index (κ2) is 3.93. The summed E-state index contributed by atoms with van der Waals surface area (Å²) in [6.45, 7) is 8.51. The third-order valence-electron chi connectivity index (χ3n) is 2.19. The maximum Gasteiger partial charge on any atom is 0.0599 e. The van der Waals surface area contributed by atoms with Crippen LogP contribution in [-0.4, -0.2) is 36.6 Å². The zero-order valence-electron chi connectivity index (χ0n) is 8.06. The van der Waals surface area contributed by atoms with E-state index in [1.807, 2.05) is 0 Å². The fourth-order valence-electron chi connectivity index (χ4n) is 1.69. The molecule has 1 aliphatic heterocycles. The largest absolute Gasteiger partial charge is 0.310 e. The molecular formula is C10H18N2. The van der Waals surface area contributed by atoms with Gasteiger partial charge in [-0.05, 0) is 26.8 Å². The highest BCUT2D eigenvalue weighted by Gasteiger charge is 2.22. The van der Waals surface area contributed by atoms with Crippen LogP contribution in [-0.2, 0) is 0 Å². The Morgan fingerprint density at radius 1 is 1.58 bits per heavy atom. The molecule has 0 aromatic rings. The Hall–Kier alpha value is -0.520. The predicted molar refractivity (Wildman–Crippen MR) is 52.0 cm³/mol. The Balaban J connectivity index is 2.49. The van der Waals surface area contributed by atoms with E-state index in [1.165, 1.54) is 6.42 Å². The average Bonchev–Trinajstić information content (AvgIpc) is 2.11. The molecule has 12 heavy (non-hydrogen) atoms. The van der Waals surface area contributed by atoms with Gasteiger partial charge in [0, 0.05) is 18.6 Å². The molecule has 2 heteroatoms. The first-order chi connectivity index (χ1) is 5.64. The molecule has 0 aliphatic carbocycles. The van der Waals surface area contributed by atoms with Crippen molar-refractivity contribution in [1.29, 1.82) is 0 Å². The molecular weight excluding hydrogens is 148 g/mol. The van der Waals surface area contributed by atoms with Crippen molar-refractivity contribution in [2.24, 2.45) is 0 Å². The van der Waals surface area contributed by atoms with Crippen molar-refractivity contribution >= 4 is 0 Å². The van der Waals surface area contributed by atoms with Crippen LogP contribution >= 0.6 is 0 Å². The molecule has 0 spiro atoms. The molecule has 1 rings (SSSR count). The van der Waals surface area contributed by atoms with Gasteiger partial charge in [0.2, 0.25) is 0 Å². The lowest BCUT2D eigenvalue weighted by Gasteiger charge is -2.28. The van der Waals surface area contributed by atoms with Crippen molar-refractivity contribution in [2.45, 2.75) is 25.8 Å². The Morgan fingerprint density at radius 3 is 3.00 bits per heavy atom. The van der Waals surface area contributed by atoms with E-state index in [0.717, 1.165) is 26.2 Å². The summed E-state index contributed by atoms with van der Waals surface area (Å²) in [5.74, 6) is 2.70. The fraction of sp³-hybridized carbons (Fsp3) is 0.800. The minimum Gasteiger partial charge on any atom is -0.310 e. The maximum atomic E-state index is 5.29. The summed E-state index contributed by atoms with van der Waals surface area (Å²) >= 11 is 0. The highest BCUT2D eigenvalue weighted by atomic mass is 15.2. The van der Waals surface area contributed by atoms with E-state index in [4.69, 9.17) is 6.42 Å². The third-order valence-corrected chi connectivity index (χ3v) is 2.19. The Kier molecular flexibility index (Phi) is 3.13. The first-order valence-electron chi connectivity index (χ1n) is 4.55. The van der Waals surface area contributed by atoms with Crippen LogP contribution < -0.4 is 5.32 Å². The van der Waals surface area contributed by atoms with Gasteiger partial charge >= 0.3 is 0 Å². The van der Waals surface area contributed by atoms with Crippen molar-refractivity contribution in [3.05, 3.63) is 0 Å². The smallest absolute Gasteiger partial charge is 0.0599 e. The molecule has 1 saturated heterocycles. The molecule has 68 valence electrons. The molecule has 0 atom stereocenters. The Bertz CT molecular complexity index is 179. The van der Waals surface area contributed by atoms with Gasteiger partial charge < -0.3 is 5.32 Å². The number of nitrogens with zero attached hydrogens (tertiary/aromatic N) is 1. The van der Waals surface area contributed by atoms with Crippen molar-refractivity contribution < 1.29 is 0 Å². The highest BCUT2D eigenvalue weighted by molar-refractivity contribution is 4.92. The van der Waals surface area contributed by atoms with Gasteiger partial charge in [-0.2, -0.15) is 0 Å². The van der Waals surface area contributed by atoms with E-state index in [2.05, 4.69) is 30.0 Å². The van der Waals surface area contributed by atoms with Gasteiger partial charge in [-0.1, -0.05) is 5.92 Å². The molecule has 0 radical (unpaired) electrons. The van der Waals surface area contributed by atoms with Gasteiger partial charge in [-0.3, -0.25) is 4.90 Å². The van der Waals surface area contributed by atoms with Gasteiger partial charge in [0.05, 0.1) is 6.54 Å². The molecule has 0 saturated carbocycles. The normalized spacial score (nSPS) is 24.4. The molecule has 0 aromatic heterocycles. The van der Waals surface area contributed by atoms with Crippen molar-refractivity contribution in [3.8, 4) is 12.3 Å². The molecule has 1 aliphatic rings. The van der Waals surface area contributed by atoms with E-state index < -0.39 is 0 Å². The first-order valence-corrected chi connectivity index (χ1v) is 4.55. The Labute approximate surface area is 75.3 Å². The predicted octanol–water partition coefficient (Wildman–Crippen LogP) is 0.694. The maximum absolute atomic E-state index is 5.29. The number of rotatable bonds is 1. The molecule has 0 bridgehead atoms.